The predicted molar refractivity (Wildman–Crippen MR) is 131 cm³/mol. The second-order valence-electron chi connectivity index (χ2n) is 8.09. The molecule has 1 amide bonds. The van der Waals surface area contributed by atoms with Crippen LogP contribution in [0, 0.1) is 6.92 Å². The van der Waals surface area contributed by atoms with Gasteiger partial charge in [-0.1, -0.05) is 57.9 Å². The molecule has 1 fully saturated rings. The Labute approximate surface area is 195 Å². The highest BCUT2D eigenvalue weighted by atomic mass is 79.9. The van der Waals surface area contributed by atoms with Crippen molar-refractivity contribution in [3.05, 3.63) is 93.0 Å². The van der Waals surface area contributed by atoms with Crippen LogP contribution in [-0.2, 0) is 0 Å². The maximum absolute atomic E-state index is 13.5. The van der Waals surface area contributed by atoms with Gasteiger partial charge in [0.25, 0.3) is 5.91 Å². The molecule has 1 saturated heterocycles. The van der Waals surface area contributed by atoms with Gasteiger partial charge in [-0.3, -0.25) is 4.79 Å². The summed E-state index contributed by atoms with van der Waals surface area (Å²) in [6.45, 7) is 2.76. The molecule has 1 aromatic heterocycles. The van der Waals surface area contributed by atoms with E-state index in [2.05, 4.69) is 33.0 Å². The number of rotatable bonds is 3. The van der Waals surface area contributed by atoms with Gasteiger partial charge >= 0.3 is 0 Å². The second-order valence-corrected chi connectivity index (χ2v) is 9.38. The Morgan fingerprint density at radius 3 is 2.68 bits per heavy atom. The number of nitrogens with zero attached hydrogens (tertiary/aromatic N) is 1. The van der Waals surface area contributed by atoms with E-state index in [1.165, 1.54) is 0 Å². The second kappa shape index (κ2) is 8.18. The first-order valence-corrected chi connectivity index (χ1v) is 11.6. The number of carbonyl (C=O) groups is 1. The molecule has 0 saturated carbocycles. The summed E-state index contributed by atoms with van der Waals surface area (Å²) < 4.78 is 1.01. The van der Waals surface area contributed by atoms with Crippen LogP contribution >= 0.6 is 27.5 Å². The monoisotopic (exact) mass is 492 g/mol. The SMILES string of the molecule is Cc1cc(C(=O)N2CCCC2c2[nH]c3ccc(Cl)cc3c2-c2ccccc2)ccc1Br. The Kier molecular flexibility index (Phi) is 5.37. The highest BCUT2D eigenvalue weighted by Crippen LogP contribution is 2.42. The average Bonchev–Trinajstić information content (AvgIpc) is 3.40. The van der Waals surface area contributed by atoms with Crippen LogP contribution in [0.4, 0.5) is 0 Å². The molecule has 156 valence electrons. The summed E-state index contributed by atoms with van der Waals surface area (Å²) in [7, 11) is 0. The molecule has 0 bridgehead atoms. The number of fused-ring (bicyclic) bond motifs is 1. The molecule has 1 N–H and O–H groups in total. The van der Waals surface area contributed by atoms with E-state index in [4.69, 9.17) is 11.6 Å². The number of hydrogen-bond donors (Lipinski definition) is 1. The number of likely N-dealkylation sites (tertiary alicyclic amines) is 1. The summed E-state index contributed by atoms with van der Waals surface area (Å²) in [4.78, 5) is 19.1. The number of aromatic nitrogens is 1. The standard InChI is InChI=1S/C26H22BrClN2O/c1-16-14-18(9-11-21(16)27)26(31)30-13-5-8-23(30)25-24(17-6-3-2-4-7-17)20-15-19(28)10-12-22(20)29-25/h2-4,6-7,9-12,14-15,23,29H,5,8,13H2,1H3. The largest absolute Gasteiger partial charge is 0.356 e. The lowest BCUT2D eigenvalue weighted by molar-refractivity contribution is 0.0733. The van der Waals surface area contributed by atoms with Gasteiger partial charge < -0.3 is 9.88 Å². The lowest BCUT2D eigenvalue weighted by atomic mass is 9.97. The van der Waals surface area contributed by atoms with Crippen molar-refractivity contribution in [2.75, 3.05) is 6.54 Å². The molecule has 1 atom stereocenters. The van der Waals surface area contributed by atoms with E-state index in [0.717, 1.165) is 62.7 Å². The lowest BCUT2D eigenvalue weighted by Crippen LogP contribution is -2.31. The van der Waals surface area contributed by atoms with E-state index in [-0.39, 0.29) is 11.9 Å². The van der Waals surface area contributed by atoms with Crippen LogP contribution in [0.15, 0.2) is 71.2 Å². The number of halogens is 2. The van der Waals surface area contributed by atoms with Crippen molar-refractivity contribution in [1.82, 2.24) is 9.88 Å². The topological polar surface area (TPSA) is 36.1 Å². The van der Waals surface area contributed by atoms with Gasteiger partial charge in [0.15, 0.2) is 0 Å². The van der Waals surface area contributed by atoms with E-state index in [9.17, 15) is 4.79 Å². The molecule has 0 radical (unpaired) electrons. The van der Waals surface area contributed by atoms with Crippen molar-refractivity contribution in [2.45, 2.75) is 25.8 Å². The molecule has 0 aliphatic carbocycles. The third-order valence-electron chi connectivity index (χ3n) is 6.10. The molecule has 1 aliphatic rings. The molecule has 31 heavy (non-hydrogen) atoms. The minimum absolute atomic E-state index is 0.00201. The van der Waals surface area contributed by atoms with Gasteiger partial charge in [-0.05, 0) is 67.3 Å². The summed E-state index contributed by atoms with van der Waals surface area (Å²) in [6, 6.07) is 22.1. The summed E-state index contributed by atoms with van der Waals surface area (Å²) >= 11 is 9.88. The maximum Gasteiger partial charge on any atom is 0.254 e. The van der Waals surface area contributed by atoms with Gasteiger partial charge in [0.05, 0.1) is 6.04 Å². The van der Waals surface area contributed by atoms with Crippen molar-refractivity contribution in [2.24, 2.45) is 0 Å². The Balaban J connectivity index is 1.63. The number of H-pyrrole nitrogens is 1. The number of aromatic amines is 1. The number of carbonyl (C=O) groups excluding carboxylic acids is 1. The fourth-order valence-electron chi connectivity index (χ4n) is 4.60. The van der Waals surface area contributed by atoms with E-state index in [0.29, 0.717) is 5.02 Å². The van der Waals surface area contributed by atoms with Gasteiger partial charge in [-0.2, -0.15) is 0 Å². The molecule has 2 heterocycles. The van der Waals surface area contributed by atoms with Crippen LogP contribution in [0.1, 0.15) is 40.5 Å². The average molecular weight is 494 g/mol. The molecule has 0 spiro atoms. The highest BCUT2D eigenvalue weighted by Gasteiger charge is 2.34. The highest BCUT2D eigenvalue weighted by molar-refractivity contribution is 9.10. The van der Waals surface area contributed by atoms with Crippen LogP contribution < -0.4 is 0 Å². The molecular weight excluding hydrogens is 472 g/mol. The zero-order valence-corrected chi connectivity index (χ0v) is 19.5. The van der Waals surface area contributed by atoms with Crippen molar-refractivity contribution in [3.63, 3.8) is 0 Å². The molecule has 5 rings (SSSR count). The van der Waals surface area contributed by atoms with Crippen molar-refractivity contribution in [3.8, 4) is 11.1 Å². The molecule has 1 unspecified atom stereocenters. The van der Waals surface area contributed by atoms with Crippen molar-refractivity contribution >= 4 is 44.3 Å². The number of amides is 1. The van der Waals surface area contributed by atoms with Gasteiger partial charge in [0.2, 0.25) is 0 Å². The molecule has 3 nitrogen and oxygen atoms in total. The van der Waals surface area contributed by atoms with Gasteiger partial charge in [-0.15, -0.1) is 0 Å². The minimum Gasteiger partial charge on any atom is -0.356 e. The number of benzene rings is 3. The quantitative estimate of drug-likeness (QED) is 0.314. The molecular formula is C26H22BrClN2O. The van der Waals surface area contributed by atoms with Crippen molar-refractivity contribution < 1.29 is 4.79 Å². The molecule has 1 aliphatic heterocycles. The Bertz CT molecular complexity index is 1280. The Morgan fingerprint density at radius 1 is 1.10 bits per heavy atom. The summed E-state index contributed by atoms with van der Waals surface area (Å²) in [6.07, 6.45) is 1.91. The molecule has 5 heteroatoms. The normalized spacial score (nSPS) is 16.2. The lowest BCUT2D eigenvalue weighted by Gasteiger charge is -2.25. The van der Waals surface area contributed by atoms with Gasteiger partial charge in [0.1, 0.15) is 0 Å². The summed E-state index contributed by atoms with van der Waals surface area (Å²) in [5.41, 5.74) is 6.18. The smallest absolute Gasteiger partial charge is 0.254 e. The van der Waals surface area contributed by atoms with E-state index < -0.39 is 0 Å². The summed E-state index contributed by atoms with van der Waals surface area (Å²) in [5.74, 6) is 0.0776. The zero-order valence-electron chi connectivity index (χ0n) is 17.2. The molecule has 3 aromatic carbocycles. The third-order valence-corrected chi connectivity index (χ3v) is 7.23. The number of nitrogens with one attached hydrogen (secondary N) is 1. The zero-order chi connectivity index (χ0) is 21.5. The Morgan fingerprint density at radius 2 is 1.90 bits per heavy atom. The first-order chi connectivity index (χ1) is 15.0. The van der Waals surface area contributed by atoms with Crippen LogP contribution in [0.5, 0.6) is 0 Å². The van der Waals surface area contributed by atoms with Crippen LogP contribution in [0.3, 0.4) is 0 Å². The maximum atomic E-state index is 13.5. The van der Waals surface area contributed by atoms with Crippen LogP contribution in [-0.4, -0.2) is 22.3 Å². The predicted octanol–water partition coefficient (Wildman–Crippen LogP) is 7.54. The van der Waals surface area contributed by atoms with E-state index >= 15 is 0 Å². The summed E-state index contributed by atoms with van der Waals surface area (Å²) in [5, 5.41) is 1.80. The minimum atomic E-state index is -0.00201. The van der Waals surface area contributed by atoms with Crippen LogP contribution in [0.25, 0.3) is 22.0 Å². The number of hydrogen-bond acceptors (Lipinski definition) is 1. The number of aryl methyl sites for hydroxylation is 1. The third kappa shape index (κ3) is 3.68. The van der Waals surface area contributed by atoms with E-state index in [1.54, 1.807) is 0 Å². The first-order valence-electron chi connectivity index (χ1n) is 10.5. The van der Waals surface area contributed by atoms with E-state index in [1.807, 2.05) is 66.4 Å². The van der Waals surface area contributed by atoms with Crippen LogP contribution in [0.2, 0.25) is 5.02 Å². The van der Waals surface area contributed by atoms with Crippen molar-refractivity contribution in [1.29, 1.82) is 0 Å². The van der Waals surface area contributed by atoms with Gasteiger partial charge in [0, 0.05) is 43.8 Å². The molecule has 4 aromatic rings. The fourth-order valence-corrected chi connectivity index (χ4v) is 5.02. The first kappa shape index (κ1) is 20.3. The fraction of sp³-hybridized carbons (Fsp3) is 0.192. The Hall–Kier alpha value is -2.56. The van der Waals surface area contributed by atoms with Gasteiger partial charge in [-0.25, -0.2) is 0 Å².